The van der Waals surface area contributed by atoms with E-state index in [1.165, 1.54) is 19.3 Å². The maximum atomic E-state index is 12.6. The third kappa shape index (κ3) is 4.05. The molecule has 2 aromatic carbocycles. The van der Waals surface area contributed by atoms with Gasteiger partial charge in [0.1, 0.15) is 6.10 Å². The average molecular weight is 445 g/mol. The van der Waals surface area contributed by atoms with Crippen LogP contribution >= 0.6 is 23.2 Å². The first kappa shape index (κ1) is 20.2. The van der Waals surface area contributed by atoms with E-state index in [9.17, 15) is 4.79 Å². The standard InChI is InChI=1S/C24H26Cl2N2O2/c25-18-9-7-16(8-10-18)23(20-3-1-2-4-21(20)26)30-19-13-28(14-19)24(29)27-22-12-15-5-6-17(22)11-15/h1-4,7-10,15,17,19,22-23H,5-6,11-14H2,(H,27,29)/t15-,17+,22+,23?/m1/s1. The summed E-state index contributed by atoms with van der Waals surface area (Å²) >= 11 is 12.5. The summed E-state index contributed by atoms with van der Waals surface area (Å²) in [5.41, 5.74) is 1.92. The summed E-state index contributed by atoms with van der Waals surface area (Å²) in [6.45, 7) is 1.20. The van der Waals surface area contributed by atoms with E-state index in [0.29, 0.717) is 35.1 Å². The lowest BCUT2D eigenvalue weighted by atomic mass is 9.95. The Morgan fingerprint density at radius 3 is 2.47 bits per heavy atom. The van der Waals surface area contributed by atoms with Crippen LogP contribution in [0.5, 0.6) is 0 Å². The molecule has 4 atom stereocenters. The average Bonchev–Trinajstić information content (AvgIpc) is 3.32. The maximum Gasteiger partial charge on any atom is 0.317 e. The molecule has 158 valence electrons. The normalized spacial score (nSPS) is 26.5. The van der Waals surface area contributed by atoms with Crippen molar-refractivity contribution in [1.82, 2.24) is 10.2 Å². The molecule has 2 amide bonds. The highest BCUT2D eigenvalue weighted by molar-refractivity contribution is 6.31. The minimum atomic E-state index is -0.295. The molecule has 0 spiro atoms. The van der Waals surface area contributed by atoms with Gasteiger partial charge < -0.3 is 15.0 Å². The Balaban J connectivity index is 1.22. The van der Waals surface area contributed by atoms with Gasteiger partial charge in [-0.15, -0.1) is 0 Å². The number of urea groups is 1. The molecule has 1 saturated heterocycles. The number of carbonyl (C=O) groups is 1. The Morgan fingerprint density at radius 1 is 1.03 bits per heavy atom. The zero-order valence-electron chi connectivity index (χ0n) is 16.8. The van der Waals surface area contributed by atoms with E-state index in [4.69, 9.17) is 27.9 Å². The van der Waals surface area contributed by atoms with Gasteiger partial charge >= 0.3 is 6.03 Å². The second-order valence-corrected chi connectivity index (χ2v) is 9.69. The summed E-state index contributed by atoms with van der Waals surface area (Å²) in [5.74, 6) is 1.50. The number of fused-ring (bicyclic) bond motifs is 2. The summed E-state index contributed by atoms with van der Waals surface area (Å²) in [7, 11) is 0. The second kappa shape index (κ2) is 8.41. The molecule has 30 heavy (non-hydrogen) atoms. The first-order chi connectivity index (χ1) is 14.6. The monoisotopic (exact) mass is 444 g/mol. The van der Waals surface area contributed by atoms with Gasteiger partial charge in [-0.2, -0.15) is 0 Å². The van der Waals surface area contributed by atoms with Crippen molar-refractivity contribution in [2.45, 2.75) is 43.9 Å². The molecule has 1 heterocycles. The van der Waals surface area contributed by atoms with Gasteiger partial charge in [0.15, 0.2) is 0 Å². The first-order valence-corrected chi connectivity index (χ1v) is 11.5. The van der Waals surface area contributed by atoms with E-state index >= 15 is 0 Å². The number of benzene rings is 2. The van der Waals surface area contributed by atoms with Gasteiger partial charge in [0.05, 0.1) is 19.2 Å². The fraction of sp³-hybridized carbons (Fsp3) is 0.458. The van der Waals surface area contributed by atoms with Crippen molar-refractivity contribution < 1.29 is 9.53 Å². The fourth-order valence-electron chi connectivity index (χ4n) is 5.21. The molecule has 3 fully saturated rings. The Labute approximate surface area is 187 Å². The van der Waals surface area contributed by atoms with Crippen LogP contribution in [-0.4, -0.2) is 36.2 Å². The zero-order valence-corrected chi connectivity index (χ0v) is 18.3. The van der Waals surface area contributed by atoms with Gasteiger partial charge in [-0.3, -0.25) is 0 Å². The Bertz CT molecular complexity index is 914. The molecule has 5 rings (SSSR count). The number of likely N-dealkylation sites (tertiary alicyclic amines) is 1. The van der Waals surface area contributed by atoms with Crippen LogP contribution in [0.1, 0.15) is 42.9 Å². The number of ether oxygens (including phenoxy) is 1. The lowest BCUT2D eigenvalue weighted by molar-refractivity contribution is -0.0649. The molecular formula is C24H26Cl2N2O2. The molecule has 2 bridgehead atoms. The van der Waals surface area contributed by atoms with Gasteiger partial charge in [-0.25, -0.2) is 4.79 Å². The van der Waals surface area contributed by atoms with E-state index in [1.807, 2.05) is 53.4 Å². The highest BCUT2D eigenvalue weighted by Gasteiger charge is 2.42. The summed E-state index contributed by atoms with van der Waals surface area (Å²) < 4.78 is 6.43. The number of nitrogens with zero attached hydrogens (tertiary/aromatic N) is 1. The quantitative estimate of drug-likeness (QED) is 0.643. The number of hydrogen-bond donors (Lipinski definition) is 1. The van der Waals surface area contributed by atoms with Crippen LogP contribution in [0.2, 0.25) is 10.0 Å². The molecular weight excluding hydrogens is 419 g/mol. The summed E-state index contributed by atoms with van der Waals surface area (Å²) in [6, 6.07) is 15.8. The van der Waals surface area contributed by atoms with Crippen molar-refractivity contribution in [3.63, 3.8) is 0 Å². The van der Waals surface area contributed by atoms with Crippen molar-refractivity contribution >= 4 is 29.2 Å². The third-order valence-electron chi connectivity index (χ3n) is 6.87. The number of nitrogens with one attached hydrogen (secondary N) is 1. The Kier molecular flexibility index (Phi) is 5.65. The van der Waals surface area contributed by atoms with Crippen molar-refractivity contribution in [1.29, 1.82) is 0 Å². The molecule has 2 saturated carbocycles. The van der Waals surface area contributed by atoms with Crippen LogP contribution in [-0.2, 0) is 4.74 Å². The molecule has 0 aromatic heterocycles. The van der Waals surface area contributed by atoms with Gasteiger partial charge in [0, 0.05) is 21.7 Å². The maximum absolute atomic E-state index is 12.6. The summed E-state index contributed by atoms with van der Waals surface area (Å²) in [6.07, 6.45) is 4.73. The summed E-state index contributed by atoms with van der Waals surface area (Å²) in [4.78, 5) is 14.5. The third-order valence-corrected chi connectivity index (χ3v) is 7.47. The van der Waals surface area contributed by atoms with Crippen molar-refractivity contribution in [2.75, 3.05) is 13.1 Å². The highest BCUT2D eigenvalue weighted by Crippen LogP contribution is 2.44. The van der Waals surface area contributed by atoms with Crippen molar-refractivity contribution in [3.8, 4) is 0 Å². The number of amides is 2. The minimum Gasteiger partial charge on any atom is -0.362 e. The van der Waals surface area contributed by atoms with E-state index in [1.54, 1.807) is 0 Å². The lowest BCUT2D eigenvalue weighted by Gasteiger charge is -2.41. The number of hydrogen-bond acceptors (Lipinski definition) is 2. The number of halogens is 2. The predicted octanol–water partition coefficient (Wildman–Crippen LogP) is 5.68. The highest BCUT2D eigenvalue weighted by atomic mass is 35.5. The van der Waals surface area contributed by atoms with Crippen molar-refractivity contribution in [2.24, 2.45) is 11.8 Å². The van der Waals surface area contributed by atoms with E-state index in [-0.39, 0.29) is 18.2 Å². The zero-order chi connectivity index (χ0) is 20.7. The topological polar surface area (TPSA) is 41.6 Å². The Hall–Kier alpha value is -1.75. The van der Waals surface area contributed by atoms with Crippen molar-refractivity contribution in [3.05, 3.63) is 69.7 Å². The van der Waals surface area contributed by atoms with Gasteiger partial charge in [0.25, 0.3) is 0 Å². The van der Waals surface area contributed by atoms with Crippen LogP contribution in [0.25, 0.3) is 0 Å². The first-order valence-electron chi connectivity index (χ1n) is 10.8. The van der Waals surface area contributed by atoms with Crippen LogP contribution < -0.4 is 5.32 Å². The largest absolute Gasteiger partial charge is 0.362 e. The van der Waals surface area contributed by atoms with Crippen LogP contribution in [0.4, 0.5) is 4.79 Å². The molecule has 1 aliphatic heterocycles. The lowest BCUT2D eigenvalue weighted by Crippen LogP contribution is -2.59. The molecule has 6 heteroatoms. The van der Waals surface area contributed by atoms with Gasteiger partial charge in [0.2, 0.25) is 0 Å². The SMILES string of the molecule is O=C(N[C@H]1C[C@@H]2CC[C@H]1C2)N1CC(OC(c2ccc(Cl)cc2)c2ccccc2Cl)C1. The molecule has 1 N–H and O–H groups in total. The van der Waals surface area contributed by atoms with Gasteiger partial charge in [-0.05, 0) is 54.9 Å². The molecule has 4 nitrogen and oxygen atoms in total. The molecule has 1 unspecified atom stereocenters. The second-order valence-electron chi connectivity index (χ2n) is 8.85. The van der Waals surface area contributed by atoms with E-state index in [0.717, 1.165) is 23.5 Å². The van der Waals surface area contributed by atoms with E-state index < -0.39 is 0 Å². The molecule has 0 radical (unpaired) electrons. The number of rotatable bonds is 5. The van der Waals surface area contributed by atoms with Crippen LogP contribution in [0.3, 0.4) is 0 Å². The molecule has 2 aliphatic carbocycles. The molecule has 2 aromatic rings. The number of carbonyl (C=O) groups excluding carboxylic acids is 1. The van der Waals surface area contributed by atoms with Crippen LogP contribution in [0.15, 0.2) is 48.5 Å². The van der Waals surface area contributed by atoms with Crippen LogP contribution in [0, 0.1) is 11.8 Å². The predicted molar refractivity (Wildman–Crippen MR) is 119 cm³/mol. The van der Waals surface area contributed by atoms with Gasteiger partial charge in [-0.1, -0.05) is 60.0 Å². The smallest absolute Gasteiger partial charge is 0.317 e. The summed E-state index contributed by atoms with van der Waals surface area (Å²) in [5, 5.41) is 4.61. The Morgan fingerprint density at radius 2 is 1.80 bits per heavy atom. The fourth-order valence-corrected chi connectivity index (χ4v) is 5.57. The molecule has 3 aliphatic rings. The van der Waals surface area contributed by atoms with E-state index in [2.05, 4.69) is 5.32 Å². The minimum absolute atomic E-state index is 0.0206.